The van der Waals surface area contributed by atoms with Gasteiger partial charge in [-0.05, 0) is 26.0 Å². The van der Waals surface area contributed by atoms with Crippen molar-refractivity contribution in [2.45, 2.75) is 20.0 Å². The lowest BCUT2D eigenvalue weighted by Gasteiger charge is -2.14. The second-order valence-corrected chi connectivity index (χ2v) is 4.60. The summed E-state index contributed by atoms with van der Waals surface area (Å²) in [4.78, 5) is 18.8. The summed E-state index contributed by atoms with van der Waals surface area (Å²) in [5.74, 6) is 0.867. The summed E-state index contributed by atoms with van der Waals surface area (Å²) in [5.41, 5.74) is 0.640. The average molecular weight is 288 g/mol. The number of benzene rings is 1. The summed E-state index contributed by atoms with van der Waals surface area (Å²) in [7, 11) is 1.65. The molecule has 0 aliphatic heterocycles. The molecule has 2 rings (SSSR count). The standard InChI is InChI=1S/C14H16N4O3/c1-9(2)21-12-7-5-4-6-10(12)13-11(18(19)20)8-16-14(15-3)17-13/h4-9H,1-3H3,(H,15,16,17). The van der Waals surface area contributed by atoms with E-state index in [4.69, 9.17) is 4.74 Å². The molecule has 1 N–H and O–H groups in total. The van der Waals surface area contributed by atoms with E-state index in [-0.39, 0.29) is 17.5 Å². The van der Waals surface area contributed by atoms with Crippen LogP contribution in [0.4, 0.5) is 11.6 Å². The molecule has 0 aliphatic carbocycles. The Kier molecular flexibility index (Phi) is 4.32. The quantitative estimate of drug-likeness (QED) is 0.672. The molecule has 0 spiro atoms. The average Bonchev–Trinajstić information content (AvgIpc) is 2.46. The van der Waals surface area contributed by atoms with Crippen LogP contribution in [0.1, 0.15) is 13.8 Å². The summed E-state index contributed by atoms with van der Waals surface area (Å²) >= 11 is 0. The van der Waals surface area contributed by atoms with Crippen molar-refractivity contribution in [2.24, 2.45) is 0 Å². The fraction of sp³-hybridized carbons (Fsp3) is 0.286. The van der Waals surface area contributed by atoms with E-state index in [0.29, 0.717) is 17.3 Å². The Labute approximate surface area is 122 Å². The Morgan fingerprint density at radius 2 is 2.05 bits per heavy atom. The van der Waals surface area contributed by atoms with Crippen LogP contribution < -0.4 is 10.1 Å². The monoisotopic (exact) mass is 288 g/mol. The smallest absolute Gasteiger partial charge is 0.313 e. The van der Waals surface area contributed by atoms with E-state index in [1.807, 2.05) is 19.9 Å². The van der Waals surface area contributed by atoms with Crippen molar-refractivity contribution in [3.63, 3.8) is 0 Å². The van der Waals surface area contributed by atoms with Gasteiger partial charge in [0.15, 0.2) is 5.69 Å². The second kappa shape index (κ2) is 6.17. The zero-order valence-electron chi connectivity index (χ0n) is 12.0. The minimum absolute atomic E-state index is 0.0455. The largest absolute Gasteiger partial charge is 0.490 e. The Balaban J connectivity index is 2.62. The molecule has 0 unspecified atom stereocenters. The van der Waals surface area contributed by atoms with Crippen molar-refractivity contribution < 1.29 is 9.66 Å². The van der Waals surface area contributed by atoms with Crippen LogP contribution in [0.15, 0.2) is 30.5 Å². The number of ether oxygens (including phenoxy) is 1. The van der Waals surface area contributed by atoms with E-state index >= 15 is 0 Å². The third-order valence-corrected chi connectivity index (χ3v) is 2.69. The van der Waals surface area contributed by atoms with Crippen molar-refractivity contribution in [1.82, 2.24) is 9.97 Å². The maximum absolute atomic E-state index is 11.2. The van der Waals surface area contributed by atoms with Crippen LogP contribution in [0.3, 0.4) is 0 Å². The van der Waals surface area contributed by atoms with Gasteiger partial charge in [0, 0.05) is 12.6 Å². The summed E-state index contributed by atoms with van der Waals surface area (Å²) in [6, 6.07) is 7.10. The van der Waals surface area contributed by atoms with E-state index in [0.717, 1.165) is 0 Å². The fourth-order valence-corrected chi connectivity index (χ4v) is 1.85. The van der Waals surface area contributed by atoms with E-state index < -0.39 is 4.92 Å². The van der Waals surface area contributed by atoms with E-state index in [2.05, 4.69) is 15.3 Å². The van der Waals surface area contributed by atoms with Crippen LogP contribution in [-0.2, 0) is 0 Å². The van der Waals surface area contributed by atoms with Crippen molar-refractivity contribution in [2.75, 3.05) is 12.4 Å². The Morgan fingerprint density at radius 3 is 2.67 bits per heavy atom. The van der Waals surface area contributed by atoms with Gasteiger partial charge in [-0.2, -0.15) is 0 Å². The molecule has 0 aliphatic rings. The Hall–Kier alpha value is -2.70. The summed E-state index contributed by atoms with van der Waals surface area (Å²) in [5, 5.41) is 14.0. The SMILES string of the molecule is CNc1ncc([N+](=O)[O-])c(-c2ccccc2OC(C)C)n1. The van der Waals surface area contributed by atoms with Crippen LogP contribution in [0.2, 0.25) is 0 Å². The molecule has 7 heteroatoms. The van der Waals surface area contributed by atoms with Gasteiger partial charge >= 0.3 is 5.69 Å². The minimum Gasteiger partial charge on any atom is -0.490 e. The van der Waals surface area contributed by atoms with Gasteiger partial charge < -0.3 is 10.1 Å². The molecule has 0 saturated heterocycles. The van der Waals surface area contributed by atoms with Crippen molar-refractivity contribution in [3.8, 4) is 17.0 Å². The van der Waals surface area contributed by atoms with Gasteiger partial charge in [0.25, 0.3) is 0 Å². The first-order valence-electron chi connectivity index (χ1n) is 6.48. The predicted molar refractivity (Wildman–Crippen MR) is 79.4 cm³/mol. The Morgan fingerprint density at radius 1 is 1.33 bits per heavy atom. The number of nitrogens with zero attached hydrogens (tertiary/aromatic N) is 3. The highest BCUT2D eigenvalue weighted by Crippen LogP contribution is 2.35. The van der Waals surface area contributed by atoms with Crippen molar-refractivity contribution >= 4 is 11.6 Å². The minimum atomic E-state index is -0.499. The highest BCUT2D eigenvalue weighted by Gasteiger charge is 2.21. The van der Waals surface area contributed by atoms with Crippen molar-refractivity contribution in [1.29, 1.82) is 0 Å². The molecular weight excluding hydrogens is 272 g/mol. The number of hydrogen-bond acceptors (Lipinski definition) is 6. The van der Waals surface area contributed by atoms with Crippen LogP contribution in [0, 0.1) is 10.1 Å². The third kappa shape index (κ3) is 3.25. The van der Waals surface area contributed by atoms with Gasteiger partial charge in [-0.15, -0.1) is 0 Å². The third-order valence-electron chi connectivity index (χ3n) is 2.69. The van der Waals surface area contributed by atoms with Gasteiger partial charge in [0.1, 0.15) is 11.9 Å². The zero-order chi connectivity index (χ0) is 15.4. The first-order valence-corrected chi connectivity index (χ1v) is 6.48. The van der Waals surface area contributed by atoms with Crippen LogP contribution in [0.5, 0.6) is 5.75 Å². The molecule has 0 saturated carbocycles. The van der Waals surface area contributed by atoms with Crippen LogP contribution in [0.25, 0.3) is 11.3 Å². The highest BCUT2D eigenvalue weighted by molar-refractivity contribution is 5.75. The lowest BCUT2D eigenvalue weighted by atomic mass is 10.1. The number of nitro groups is 1. The van der Waals surface area contributed by atoms with E-state index in [9.17, 15) is 10.1 Å². The number of hydrogen-bond donors (Lipinski definition) is 1. The molecule has 0 amide bonds. The lowest BCUT2D eigenvalue weighted by molar-refractivity contribution is -0.384. The van der Waals surface area contributed by atoms with Crippen LogP contribution >= 0.6 is 0 Å². The number of aromatic nitrogens is 2. The lowest BCUT2D eigenvalue weighted by Crippen LogP contribution is -2.08. The topological polar surface area (TPSA) is 90.2 Å². The molecule has 0 bridgehead atoms. The first kappa shape index (κ1) is 14.7. The normalized spacial score (nSPS) is 10.5. The molecule has 0 atom stereocenters. The molecule has 110 valence electrons. The number of anilines is 1. The summed E-state index contributed by atoms with van der Waals surface area (Å²) in [6.45, 7) is 3.79. The molecule has 2 aromatic rings. The Bertz CT molecular complexity index is 658. The maximum atomic E-state index is 11.2. The van der Waals surface area contributed by atoms with Gasteiger partial charge in [-0.1, -0.05) is 12.1 Å². The summed E-state index contributed by atoms with van der Waals surface area (Å²) in [6.07, 6.45) is 1.15. The molecule has 0 fully saturated rings. The predicted octanol–water partition coefficient (Wildman–Crippen LogP) is 2.88. The molecule has 7 nitrogen and oxygen atoms in total. The zero-order valence-corrected chi connectivity index (χ0v) is 12.0. The van der Waals surface area contributed by atoms with Crippen LogP contribution in [-0.4, -0.2) is 28.0 Å². The number of rotatable bonds is 5. The van der Waals surface area contributed by atoms with E-state index in [1.165, 1.54) is 6.20 Å². The molecule has 0 radical (unpaired) electrons. The van der Waals surface area contributed by atoms with E-state index in [1.54, 1.807) is 25.2 Å². The summed E-state index contributed by atoms with van der Waals surface area (Å²) < 4.78 is 5.70. The van der Waals surface area contributed by atoms with Gasteiger partial charge in [0.2, 0.25) is 5.95 Å². The van der Waals surface area contributed by atoms with Gasteiger partial charge in [-0.25, -0.2) is 9.97 Å². The molecule has 21 heavy (non-hydrogen) atoms. The molecule has 1 heterocycles. The first-order chi connectivity index (χ1) is 10.0. The second-order valence-electron chi connectivity index (χ2n) is 4.60. The van der Waals surface area contributed by atoms with Gasteiger partial charge in [0.05, 0.1) is 11.0 Å². The van der Waals surface area contributed by atoms with Gasteiger partial charge in [-0.3, -0.25) is 10.1 Å². The fourth-order valence-electron chi connectivity index (χ4n) is 1.85. The molecular formula is C14H16N4O3. The molecule has 1 aromatic heterocycles. The van der Waals surface area contributed by atoms with Crippen molar-refractivity contribution in [3.05, 3.63) is 40.6 Å². The number of nitrogens with one attached hydrogen (secondary N) is 1. The number of para-hydroxylation sites is 1. The molecule has 1 aromatic carbocycles. The maximum Gasteiger partial charge on any atom is 0.313 e. The highest BCUT2D eigenvalue weighted by atomic mass is 16.6.